The van der Waals surface area contributed by atoms with E-state index in [4.69, 9.17) is 42.4 Å². The number of Topliss-reactive ketones (excluding diaryl/α,β-unsaturated/α-hetero) is 3. The van der Waals surface area contributed by atoms with Gasteiger partial charge < -0.3 is 45.4 Å². The SMILES string of the molecule is CC(C)(C)CC1CCN(C(=N)N)C1.CC(C)(C)CCC(=O)CC(=N)N1CCCCC1.CC(C)(C)CCC(=O)CC(=N)N1CCOCC1.CC(C)(C)CCC(=O)CC1=NCCC1.CC(C)CCC1=NCCC1.CC(C)CCC1=NCCC1.CCCCC(=NC#N)N1CCC(CC(C)(C)C)C1.COCCCC(=NC(N)=O)N1CCN(CC(C)(C)C)CC1. The van der Waals surface area contributed by atoms with Crippen molar-refractivity contribution in [3.8, 4) is 6.19 Å². The molecule has 2 amide bonds. The molecule has 692 valence electrons. The number of carbonyl (C=O) groups excluding carboxylic acids is 4. The summed E-state index contributed by atoms with van der Waals surface area (Å²) in [4.78, 5) is 80.3. The van der Waals surface area contributed by atoms with Gasteiger partial charge in [-0.05, 0) is 197 Å². The number of urea groups is 1. The van der Waals surface area contributed by atoms with Crippen LogP contribution in [0.1, 0.15) is 358 Å². The number of likely N-dealkylation sites (tertiary alicyclic amines) is 3. The highest BCUT2D eigenvalue weighted by atomic mass is 16.5. The first kappa shape index (κ1) is 112. The number of methoxy groups -OCH3 is 1. The van der Waals surface area contributed by atoms with Crippen LogP contribution in [0.4, 0.5) is 4.79 Å². The number of unbranched alkanes of at least 4 members (excludes halogenated alkanes) is 1. The molecule has 8 heterocycles. The average molecular weight is 1680 g/mol. The van der Waals surface area contributed by atoms with Crippen LogP contribution in [0.15, 0.2) is 25.0 Å². The second-order valence-electron chi connectivity index (χ2n) is 43.0. The van der Waals surface area contributed by atoms with E-state index in [0.29, 0.717) is 85.6 Å². The monoisotopic (exact) mass is 1680 g/mol. The van der Waals surface area contributed by atoms with Crippen molar-refractivity contribution in [3.05, 3.63) is 0 Å². The van der Waals surface area contributed by atoms with E-state index in [1.54, 1.807) is 7.11 Å². The van der Waals surface area contributed by atoms with Crippen molar-refractivity contribution in [2.24, 2.45) is 92.6 Å². The number of carbonyl (C=O) groups is 4. The molecular weight excluding hydrogens is 1500 g/mol. The number of rotatable bonds is 28. The number of aliphatic imine (C=N–C) groups is 5. The van der Waals surface area contributed by atoms with Gasteiger partial charge in [0.15, 0.2) is 5.96 Å². The van der Waals surface area contributed by atoms with Gasteiger partial charge in [-0.3, -0.25) is 50.5 Å². The third kappa shape index (κ3) is 61.3. The van der Waals surface area contributed by atoms with Crippen molar-refractivity contribution in [1.82, 2.24) is 29.4 Å². The predicted molar refractivity (Wildman–Crippen MR) is 509 cm³/mol. The third-order valence-corrected chi connectivity index (χ3v) is 22.1. The van der Waals surface area contributed by atoms with Crippen LogP contribution in [-0.2, 0) is 23.9 Å². The molecular formula is C97H183N17O6. The van der Waals surface area contributed by atoms with Gasteiger partial charge in [-0.25, -0.2) is 4.79 Å². The van der Waals surface area contributed by atoms with Gasteiger partial charge in [-0.1, -0.05) is 166 Å². The summed E-state index contributed by atoms with van der Waals surface area (Å²) in [7, 11) is 1.68. The molecule has 120 heavy (non-hydrogen) atoms. The topological polar surface area (TPSA) is 315 Å². The first-order valence-electron chi connectivity index (χ1n) is 46.9. The maximum Gasteiger partial charge on any atom is 0.339 e. The van der Waals surface area contributed by atoms with Gasteiger partial charge >= 0.3 is 6.03 Å². The van der Waals surface area contributed by atoms with Crippen molar-refractivity contribution in [3.63, 3.8) is 0 Å². The van der Waals surface area contributed by atoms with E-state index in [2.05, 4.69) is 204 Å². The van der Waals surface area contributed by atoms with E-state index >= 15 is 0 Å². The Bertz CT molecular complexity index is 3030. The molecule has 8 rings (SSSR count). The van der Waals surface area contributed by atoms with Crippen LogP contribution >= 0.6 is 0 Å². The summed E-state index contributed by atoms with van der Waals surface area (Å²) in [5.74, 6) is 6.94. The highest BCUT2D eigenvalue weighted by Gasteiger charge is 2.31. The molecule has 5 saturated heterocycles. The van der Waals surface area contributed by atoms with E-state index < -0.39 is 6.03 Å². The molecule has 0 spiro atoms. The summed E-state index contributed by atoms with van der Waals surface area (Å²) in [5, 5.41) is 32.0. The quantitative estimate of drug-likeness (QED) is 0.0211. The van der Waals surface area contributed by atoms with Crippen LogP contribution < -0.4 is 11.5 Å². The maximum absolute atomic E-state index is 11.8. The molecule has 2 atom stereocenters. The Kier molecular flexibility index (Phi) is 55.8. The number of nitrogens with two attached hydrogens (primary N) is 2. The number of nitrogens with zero attached hydrogens (tertiary/aromatic N) is 12. The Balaban J connectivity index is 0.000000692. The Labute approximate surface area is 734 Å². The van der Waals surface area contributed by atoms with Crippen molar-refractivity contribution in [2.45, 2.75) is 358 Å². The zero-order chi connectivity index (χ0) is 90.7. The Morgan fingerprint density at radius 3 is 1.31 bits per heavy atom. The predicted octanol–water partition coefficient (Wildman–Crippen LogP) is 20.6. The molecule has 0 aromatic carbocycles. The number of guanidine groups is 1. The molecule has 2 unspecified atom stereocenters. The molecule has 0 aliphatic carbocycles. The lowest BCUT2D eigenvalue weighted by Gasteiger charge is -2.39. The second-order valence-corrected chi connectivity index (χ2v) is 43.0. The van der Waals surface area contributed by atoms with E-state index in [1.165, 1.54) is 108 Å². The van der Waals surface area contributed by atoms with Crippen LogP contribution in [0.2, 0.25) is 0 Å². The fraction of sp³-hybridized carbons (Fsp3) is 0.866. The second kappa shape index (κ2) is 59.8. The Hall–Kier alpha value is -5.99. The van der Waals surface area contributed by atoms with Gasteiger partial charge in [-0.15, -0.1) is 0 Å². The number of hydrogen-bond donors (Lipinski definition) is 5. The highest BCUT2D eigenvalue weighted by molar-refractivity contribution is 6.03. The minimum Gasteiger partial charge on any atom is -0.385 e. The fourth-order valence-corrected chi connectivity index (χ4v) is 15.4. The van der Waals surface area contributed by atoms with Crippen molar-refractivity contribution in [1.29, 1.82) is 21.5 Å². The minimum absolute atomic E-state index is 0.177. The molecule has 7 N–H and O–H groups in total. The smallest absolute Gasteiger partial charge is 0.339 e. The van der Waals surface area contributed by atoms with Crippen LogP contribution in [-0.4, -0.2) is 231 Å². The lowest BCUT2D eigenvalue weighted by Crippen LogP contribution is -2.50. The number of amidine groups is 4. The van der Waals surface area contributed by atoms with Crippen LogP contribution in [0.25, 0.3) is 0 Å². The highest BCUT2D eigenvalue weighted by Crippen LogP contribution is 2.33. The van der Waals surface area contributed by atoms with Crippen molar-refractivity contribution in [2.75, 3.05) is 132 Å². The molecule has 0 aromatic rings. The standard InChI is InChI=1S/C15H30N4O2.C15H27N3.C14H26N2O.C13H24N2O2.C12H21NO.C10H21N3.2C9H17N/c1-15(2,3)12-18-7-9-19(10-8-18)13(17-14(16)20)6-5-11-21-4;1-5-6-7-14(17-12-16)18-9-8-13(11-18)10-15(2,3)4;1-14(2,3)8-7-12(17)11-13(15)16-9-5-4-6-10-16;1-13(2,3)5-4-11(16)10-12(14)15-6-8-17-9-7-15;1-12(2,3)7-6-11(14)9-10-5-4-8-13-10;1-10(2,3)6-8-4-5-13(7-8)9(11)12;2*1-8(2)5-6-9-4-3-7-10-9/h5-12H2,1-4H3,(H2,16,20);13H,5-11H2,1-4H3;15H,4-11H2,1-3H3;14H,4-10H2,1-3H3;4-9H2,1-3H3;8H,4-7H2,1-3H3,(H3,11,12);2*8H,3-7H2,1-2H3. The van der Waals surface area contributed by atoms with Gasteiger partial charge in [0, 0.05) is 174 Å². The Morgan fingerprint density at radius 1 is 0.508 bits per heavy atom. The molecule has 0 bridgehead atoms. The van der Waals surface area contributed by atoms with Gasteiger partial charge in [-0.2, -0.15) is 15.2 Å². The number of hydrogen-bond acceptors (Lipinski definition) is 15. The van der Waals surface area contributed by atoms with E-state index in [1.807, 2.05) is 16.0 Å². The van der Waals surface area contributed by atoms with Gasteiger partial charge in [0.25, 0.3) is 0 Å². The minimum atomic E-state index is -0.612. The van der Waals surface area contributed by atoms with Crippen molar-refractivity contribution >= 4 is 69.8 Å². The third-order valence-electron chi connectivity index (χ3n) is 22.1. The molecule has 0 aromatic heterocycles. The number of ketones is 3. The van der Waals surface area contributed by atoms with Crippen LogP contribution in [0.3, 0.4) is 0 Å². The summed E-state index contributed by atoms with van der Waals surface area (Å²) in [6, 6.07) is -0.612. The molecule has 0 saturated carbocycles. The van der Waals surface area contributed by atoms with Gasteiger partial charge in [0.05, 0.1) is 26.1 Å². The van der Waals surface area contributed by atoms with Gasteiger partial charge in [0.2, 0.25) is 6.19 Å². The average Bonchev–Trinajstić information content (AvgIpc) is 1.62. The first-order valence-corrected chi connectivity index (χ1v) is 46.9. The molecule has 5 fully saturated rings. The summed E-state index contributed by atoms with van der Waals surface area (Å²) in [5.41, 5.74) is 16.5. The molecule has 23 heteroatoms. The molecule has 8 aliphatic rings. The fourth-order valence-electron chi connectivity index (χ4n) is 15.4. The maximum atomic E-state index is 11.8. The Morgan fingerprint density at radius 2 is 0.933 bits per heavy atom. The first-order chi connectivity index (χ1) is 56.0. The zero-order valence-electron chi connectivity index (χ0n) is 81.6. The number of ether oxygens (including phenoxy) is 2. The number of piperidine rings is 1. The summed E-state index contributed by atoms with van der Waals surface area (Å²) in [6.45, 7) is 68.6. The van der Waals surface area contributed by atoms with Crippen LogP contribution in [0.5, 0.6) is 0 Å². The largest absolute Gasteiger partial charge is 0.385 e. The number of amides is 2. The number of piperazine rings is 1. The summed E-state index contributed by atoms with van der Waals surface area (Å²) in [6.07, 6.45) is 33.7. The lowest BCUT2D eigenvalue weighted by atomic mass is 9.84. The lowest BCUT2D eigenvalue weighted by molar-refractivity contribution is -0.119. The zero-order valence-corrected chi connectivity index (χ0v) is 81.6. The molecule has 0 radical (unpaired) electrons. The van der Waals surface area contributed by atoms with E-state index in [9.17, 15) is 19.2 Å². The normalized spacial score (nSPS) is 18.7. The summed E-state index contributed by atoms with van der Waals surface area (Å²) >= 11 is 0. The van der Waals surface area contributed by atoms with Crippen molar-refractivity contribution < 1.29 is 28.7 Å². The van der Waals surface area contributed by atoms with E-state index in [-0.39, 0.29) is 40.2 Å². The van der Waals surface area contributed by atoms with E-state index in [0.717, 1.165) is 210 Å². The number of primary amides is 1. The molecule has 23 nitrogen and oxygen atoms in total. The van der Waals surface area contributed by atoms with Gasteiger partial charge in [0.1, 0.15) is 40.7 Å². The summed E-state index contributed by atoms with van der Waals surface area (Å²) < 4.78 is 10.3. The number of nitrogens with one attached hydrogen (secondary N) is 3. The number of morpholine rings is 1. The molecule has 8 aliphatic heterocycles. The van der Waals surface area contributed by atoms with Crippen LogP contribution in [0, 0.1) is 83.8 Å². The number of nitriles is 1.